The predicted octanol–water partition coefficient (Wildman–Crippen LogP) is 6.56. The summed E-state index contributed by atoms with van der Waals surface area (Å²) in [5.41, 5.74) is 1.19. The lowest BCUT2D eigenvalue weighted by Gasteiger charge is -2.32. The molecule has 0 N–H and O–H groups in total. The highest BCUT2D eigenvalue weighted by Crippen LogP contribution is 2.54. The van der Waals surface area contributed by atoms with E-state index in [4.69, 9.17) is 16.0 Å². The van der Waals surface area contributed by atoms with Gasteiger partial charge < -0.3 is 9.32 Å². The highest BCUT2D eigenvalue weighted by molar-refractivity contribution is 8.00. The minimum absolute atomic E-state index is 0.0185. The average Bonchev–Trinajstić information content (AvgIpc) is 3.62. The Labute approximate surface area is 253 Å². The number of fused-ring (bicyclic) bond motifs is 5. The van der Waals surface area contributed by atoms with E-state index < -0.39 is 16.9 Å². The van der Waals surface area contributed by atoms with Crippen LogP contribution in [0.2, 0.25) is 5.02 Å². The zero-order valence-electron chi connectivity index (χ0n) is 22.6. The topological polar surface area (TPSA) is 96.6 Å². The van der Waals surface area contributed by atoms with E-state index in [0.29, 0.717) is 44.7 Å². The molecule has 0 saturated heterocycles. The molecule has 0 aliphatic carbocycles. The summed E-state index contributed by atoms with van der Waals surface area (Å²) in [5, 5.41) is 9.90. The maximum absolute atomic E-state index is 14.7. The Hall–Kier alpha value is -3.99. The van der Waals surface area contributed by atoms with E-state index in [-0.39, 0.29) is 27.9 Å². The van der Waals surface area contributed by atoms with Crippen molar-refractivity contribution in [3.8, 4) is 0 Å². The van der Waals surface area contributed by atoms with Crippen LogP contribution in [0.25, 0.3) is 11.0 Å². The van der Waals surface area contributed by atoms with Gasteiger partial charge in [-0.25, -0.2) is 0 Å². The Kier molecular flexibility index (Phi) is 6.45. The first-order chi connectivity index (χ1) is 20.3. The molecule has 0 bridgehead atoms. The van der Waals surface area contributed by atoms with Crippen LogP contribution in [0.5, 0.6) is 0 Å². The summed E-state index contributed by atoms with van der Waals surface area (Å²) in [7, 11) is 0. The van der Waals surface area contributed by atoms with E-state index in [9.17, 15) is 14.4 Å². The van der Waals surface area contributed by atoms with Crippen LogP contribution in [0.15, 0.2) is 80.3 Å². The number of carbonyl (C=O) groups excluding carboxylic acids is 2. The predicted molar refractivity (Wildman–Crippen MR) is 165 cm³/mol. The Morgan fingerprint density at radius 1 is 1.02 bits per heavy atom. The number of hydrogen-bond donors (Lipinski definition) is 0. The van der Waals surface area contributed by atoms with E-state index >= 15 is 0 Å². The molecule has 11 heteroatoms. The number of halogens is 1. The lowest BCUT2D eigenvalue weighted by Crippen LogP contribution is -2.53. The third-order valence-corrected chi connectivity index (χ3v) is 9.91. The first-order valence-corrected chi connectivity index (χ1v) is 15.6. The van der Waals surface area contributed by atoms with Gasteiger partial charge in [0, 0.05) is 22.9 Å². The Morgan fingerprint density at radius 3 is 2.67 bits per heavy atom. The molecule has 0 saturated carbocycles. The normalized spacial score (nSPS) is 17.5. The third-order valence-electron chi connectivity index (χ3n) is 7.57. The van der Waals surface area contributed by atoms with Crippen LogP contribution in [-0.2, 0) is 16.1 Å². The van der Waals surface area contributed by atoms with Crippen LogP contribution in [0.3, 0.4) is 0 Å². The fourth-order valence-electron chi connectivity index (χ4n) is 5.85. The number of carbonyl (C=O) groups is 2. The lowest BCUT2D eigenvalue weighted by atomic mass is 9.84. The smallest absolute Gasteiger partial charge is 0.297 e. The largest absolute Gasteiger partial charge is 0.450 e. The van der Waals surface area contributed by atoms with Crippen molar-refractivity contribution >= 4 is 68.3 Å². The second-order valence-electron chi connectivity index (χ2n) is 10.2. The van der Waals surface area contributed by atoms with Gasteiger partial charge in [-0.15, -0.1) is 10.2 Å². The highest BCUT2D eigenvalue weighted by atomic mass is 35.5. The summed E-state index contributed by atoms with van der Waals surface area (Å²) < 4.78 is 6.75. The summed E-state index contributed by atoms with van der Waals surface area (Å²) in [6.07, 6.45) is 0.686. The van der Waals surface area contributed by atoms with E-state index in [1.54, 1.807) is 23.1 Å². The molecule has 1 spiro atoms. The zero-order chi connectivity index (χ0) is 29.2. The van der Waals surface area contributed by atoms with Crippen LogP contribution in [0.4, 0.5) is 10.8 Å². The van der Waals surface area contributed by atoms with Crippen LogP contribution >= 0.6 is 34.7 Å². The molecule has 2 aliphatic rings. The number of benzene rings is 3. The summed E-state index contributed by atoms with van der Waals surface area (Å²) in [6, 6.07) is 20.1. The van der Waals surface area contributed by atoms with Crippen LogP contribution in [0, 0.1) is 6.92 Å². The maximum Gasteiger partial charge on any atom is 0.297 e. The molecule has 4 heterocycles. The van der Waals surface area contributed by atoms with Crippen molar-refractivity contribution in [2.45, 2.75) is 35.9 Å². The first kappa shape index (κ1) is 26.9. The van der Waals surface area contributed by atoms with E-state index in [1.807, 2.05) is 62.4 Å². The van der Waals surface area contributed by atoms with E-state index in [0.717, 1.165) is 11.1 Å². The Balaban J connectivity index is 1.43. The molecule has 7 rings (SSSR count). The summed E-state index contributed by atoms with van der Waals surface area (Å²) in [5.74, 6) is -0.555. The standard InChI is InChI=1S/C31H23ClN4O4S2/c1-3-13-35-22-10-5-4-9-21(22)31(28(35)39)24-25(37)20-14-17(2)11-12-23(20)40-26(24)27(38)36(31)29-33-34-30(42-29)41-16-18-7-6-8-19(32)15-18/h4-12,14-15H,3,13,16H2,1-2H3. The molecule has 2 aromatic heterocycles. The monoisotopic (exact) mass is 614 g/mol. The van der Waals surface area contributed by atoms with Crippen molar-refractivity contribution in [2.24, 2.45) is 0 Å². The van der Waals surface area contributed by atoms with Gasteiger partial charge in [-0.3, -0.25) is 19.3 Å². The minimum Gasteiger partial charge on any atom is -0.450 e. The summed E-state index contributed by atoms with van der Waals surface area (Å²) in [4.78, 5) is 46.3. The van der Waals surface area contributed by atoms with Crippen LogP contribution in [-0.4, -0.2) is 28.6 Å². The van der Waals surface area contributed by atoms with Gasteiger partial charge in [0.1, 0.15) is 5.58 Å². The molecule has 0 fully saturated rings. The number of anilines is 2. The molecule has 8 nitrogen and oxygen atoms in total. The molecular formula is C31H23ClN4O4S2. The van der Waals surface area contributed by atoms with Gasteiger partial charge in [0.05, 0.1) is 16.6 Å². The van der Waals surface area contributed by atoms with E-state index in [2.05, 4.69) is 10.2 Å². The molecule has 42 heavy (non-hydrogen) atoms. The highest BCUT2D eigenvalue weighted by Gasteiger charge is 2.66. The molecule has 0 radical (unpaired) electrons. The molecule has 210 valence electrons. The van der Waals surface area contributed by atoms with Crippen molar-refractivity contribution < 1.29 is 14.0 Å². The van der Waals surface area contributed by atoms with Crippen molar-refractivity contribution in [3.05, 3.63) is 110 Å². The Bertz CT molecular complexity index is 1990. The third kappa shape index (κ3) is 3.85. The van der Waals surface area contributed by atoms with Crippen LogP contribution in [0.1, 0.15) is 46.2 Å². The number of nitrogens with zero attached hydrogens (tertiary/aromatic N) is 4. The number of para-hydroxylation sites is 1. The van der Waals surface area contributed by atoms with Gasteiger partial charge in [0.15, 0.2) is 15.3 Å². The number of aryl methyl sites for hydroxylation is 1. The van der Waals surface area contributed by atoms with E-state index in [1.165, 1.54) is 28.0 Å². The van der Waals surface area contributed by atoms with Gasteiger partial charge >= 0.3 is 0 Å². The van der Waals surface area contributed by atoms with Gasteiger partial charge in [0.2, 0.25) is 10.9 Å². The van der Waals surface area contributed by atoms with Crippen molar-refractivity contribution in [1.29, 1.82) is 0 Å². The maximum atomic E-state index is 14.7. The second-order valence-corrected chi connectivity index (χ2v) is 12.8. The number of aromatic nitrogens is 2. The number of thioether (sulfide) groups is 1. The van der Waals surface area contributed by atoms with Gasteiger partial charge in [-0.05, 0) is 49.2 Å². The molecule has 2 aliphatic heterocycles. The van der Waals surface area contributed by atoms with Gasteiger partial charge in [-0.1, -0.05) is 83.6 Å². The molecule has 2 amide bonds. The first-order valence-electron chi connectivity index (χ1n) is 13.4. The average molecular weight is 615 g/mol. The second kappa shape index (κ2) is 10.1. The summed E-state index contributed by atoms with van der Waals surface area (Å²) >= 11 is 8.79. The fourth-order valence-corrected chi connectivity index (χ4v) is 7.89. The molecule has 3 aromatic carbocycles. The molecule has 1 atom stereocenters. The van der Waals surface area contributed by atoms with Crippen LogP contribution < -0.4 is 15.2 Å². The molecule has 5 aromatic rings. The minimum atomic E-state index is -1.77. The number of amides is 2. The number of rotatable bonds is 6. The fraction of sp³-hybridized carbons (Fsp3) is 0.194. The SMILES string of the molecule is CCCN1C(=O)C2(c3ccccc31)c1c(oc3ccc(C)cc3c1=O)C(=O)N2c1nnc(SCc2cccc(Cl)c2)s1. The van der Waals surface area contributed by atoms with Crippen molar-refractivity contribution in [1.82, 2.24) is 10.2 Å². The van der Waals surface area contributed by atoms with Gasteiger partial charge in [-0.2, -0.15) is 0 Å². The quantitative estimate of drug-likeness (QED) is 0.158. The Morgan fingerprint density at radius 2 is 1.86 bits per heavy atom. The molecular weight excluding hydrogens is 592 g/mol. The van der Waals surface area contributed by atoms with Gasteiger partial charge in [0.25, 0.3) is 11.8 Å². The molecule has 1 unspecified atom stereocenters. The van der Waals surface area contributed by atoms with Crippen molar-refractivity contribution in [3.63, 3.8) is 0 Å². The zero-order valence-corrected chi connectivity index (χ0v) is 25.0. The lowest BCUT2D eigenvalue weighted by molar-refractivity contribution is -0.121. The summed E-state index contributed by atoms with van der Waals surface area (Å²) in [6.45, 7) is 4.28. The van der Waals surface area contributed by atoms with Crippen molar-refractivity contribution in [2.75, 3.05) is 16.3 Å². The number of hydrogen-bond acceptors (Lipinski definition) is 8.